The molecule has 0 atom stereocenters. The first-order valence-corrected chi connectivity index (χ1v) is 7.97. The van der Waals surface area contributed by atoms with Crippen molar-refractivity contribution in [1.82, 2.24) is 10.7 Å². The van der Waals surface area contributed by atoms with Gasteiger partial charge in [-0.25, -0.2) is 5.43 Å². The molecule has 0 spiro atoms. The Kier molecular flexibility index (Phi) is 6.59. The van der Waals surface area contributed by atoms with Crippen molar-refractivity contribution in [2.45, 2.75) is 44.6 Å². The summed E-state index contributed by atoms with van der Waals surface area (Å²) in [7, 11) is 1.58. The van der Waals surface area contributed by atoms with Gasteiger partial charge in [-0.15, -0.1) is 0 Å². The van der Waals surface area contributed by atoms with Gasteiger partial charge in [-0.05, 0) is 30.5 Å². The van der Waals surface area contributed by atoms with Crippen LogP contribution < -0.4 is 15.5 Å². The minimum absolute atomic E-state index is 0.0955. The fourth-order valence-corrected chi connectivity index (χ4v) is 2.61. The molecule has 6 nitrogen and oxygen atoms in total. The maximum absolute atomic E-state index is 11.8. The van der Waals surface area contributed by atoms with Crippen molar-refractivity contribution >= 4 is 18.0 Å². The first-order valence-electron chi connectivity index (χ1n) is 7.97. The Morgan fingerprint density at radius 1 is 1.17 bits per heavy atom. The predicted molar refractivity (Wildman–Crippen MR) is 88.4 cm³/mol. The number of methoxy groups -OCH3 is 1. The van der Waals surface area contributed by atoms with E-state index in [1.54, 1.807) is 13.2 Å². The molecule has 2 amide bonds. The number of rotatable bonds is 4. The quantitative estimate of drug-likeness (QED) is 0.386. The summed E-state index contributed by atoms with van der Waals surface area (Å²) in [5, 5.41) is 6.59. The van der Waals surface area contributed by atoms with E-state index in [1.807, 2.05) is 18.2 Å². The zero-order valence-electron chi connectivity index (χ0n) is 13.4. The number of amides is 2. The van der Waals surface area contributed by atoms with E-state index < -0.39 is 11.8 Å². The van der Waals surface area contributed by atoms with E-state index in [2.05, 4.69) is 15.8 Å². The van der Waals surface area contributed by atoms with Crippen LogP contribution in [0.5, 0.6) is 5.75 Å². The predicted octanol–water partition coefficient (Wildman–Crippen LogP) is 1.98. The maximum atomic E-state index is 11.8. The number of hydrazone groups is 1. The van der Waals surface area contributed by atoms with Crippen molar-refractivity contribution < 1.29 is 14.3 Å². The molecule has 1 aliphatic rings. The highest BCUT2D eigenvalue weighted by Crippen LogP contribution is 2.17. The molecule has 0 aromatic heterocycles. The molecule has 0 saturated heterocycles. The molecular formula is C17H23N3O3. The first kappa shape index (κ1) is 17.0. The summed E-state index contributed by atoms with van der Waals surface area (Å²) in [6, 6.07) is 7.33. The zero-order chi connectivity index (χ0) is 16.5. The van der Waals surface area contributed by atoms with Crippen LogP contribution in [-0.4, -0.2) is 31.2 Å². The standard InChI is InChI=1S/C17H23N3O3/c1-23-15-10-6-7-13(11-15)12-18-20-17(22)16(21)19-14-8-4-2-3-5-9-14/h6-7,10-12,14H,2-5,8-9H2,1H3,(H,19,21)(H,20,22)/b18-12-. The first-order chi connectivity index (χ1) is 11.2. The highest BCUT2D eigenvalue weighted by Gasteiger charge is 2.19. The lowest BCUT2D eigenvalue weighted by atomic mass is 10.1. The summed E-state index contributed by atoms with van der Waals surface area (Å²) in [4.78, 5) is 23.6. The Morgan fingerprint density at radius 3 is 2.61 bits per heavy atom. The van der Waals surface area contributed by atoms with Crippen molar-refractivity contribution in [1.29, 1.82) is 0 Å². The number of carbonyl (C=O) groups excluding carboxylic acids is 2. The normalized spacial score (nSPS) is 15.9. The van der Waals surface area contributed by atoms with Gasteiger partial charge in [0.1, 0.15) is 5.75 Å². The van der Waals surface area contributed by atoms with Crippen LogP contribution >= 0.6 is 0 Å². The average Bonchev–Trinajstić information content (AvgIpc) is 2.83. The summed E-state index contributed by atoms with van der Waals surface area (Å²) >= 11 is 0. The number of hydrogen-bond donors (Lipinski definition) is 2. The molecule has 1 saturated carbocycles. The Morgan fingerprint density at radius 2 is 1.91 bits per heavy atom. The van der Waals surface area contributed by atoms with Gasteiger partial charge in [-0.1, -0.05) is 37.8 Å². The molecular weight excluding hydrogens is 294 g/mol. The van der Waals surface area contributed by atoms with Crippen molar-refractivity contribution in [2.75, 3.05) is 7.11 Å². The molecule has 0 aliphatic heterocycles. The van der Waals surface area contributed by atoms with E-state index in [4.69, 9.17) is 4.74 Å². The molecule has 23 heavy (non-hydrogen) atoms. The van der Waals surface area contributed by atoms with Gasteiger partial charge in [0.25, 0.3) is 0 Å². The van der Waals surface area contributed by atoms with E-state index in [-0.39, 0.29) is 6.04 Å². The Bertz CT molecular complexity index is 564. The zero-order valence-corrected chi connectivity index (χ0v) is 13.4. The summed E-state index contributed by atoms with van der Waals surface area (Å²) in [6.45, 7) is 0. The van der Waals surface area contributed by atoms with Crippen LogP contribution in [0.2, 0.25) is 0 Å². The van der Waals surface area contributed by atoms with E-state index in [1.165, 1.54) is 19.1 Å². The van der Waals surface area contributed by atoms with E-state index >= 15 is 0 Å². The highest BCUT2D eigenvalue weighted by molar-refractivity contribution is 6.35. The third-order valence-corrected chi connectivity index (χ3v) is 3.87. The molecule has 2 rings (SSSR count). The Hall–Kier alpha value is -2.37. The molecule has 1 fully saturated rings. The topological polar surface area (TPSA) is 79.8 Å². The third-order valence-electron chi connectivity index (χ3n) is 3.87. The van der Waals surface area contributed by atoms with Crippen LogP contribution in [0, 0.1) is 0 Å². The lowest BCUT2D eigenvalue weighted by Crippen LogP contribution is -2.43. The fraction of sp³-hybridized carbons (Fsp3) is 0.471. The lowest BCUT2D eigenvalue weighted by molar-refractivity contribution is -0.139. The molecule has 0 bridgehead atoms. The van der Waals surface area contributed by atoms with Crippen LogP contribution in [0.3, 0.4) is 0 Å². The second-order valence-corrected chi connectivity index (χ2v) is 5.64. The van der Waals surface area contributed by atoms with Gasteiger partial charge >= 0.3 is 11.8 Å². The van der Waals surface area contributed by atoms with Crippen molar-refractivity contribution in [3.8, 4) is 5.75 Å². The Labute approximate surface area is 136 Å². The van der Waals surface area contributed by atoms with E-state index in [9.17, 15) is 9.59 Å². The number of hydrogen-bond acceptors (Lipinski definition) is 4. The van der Waals surface area contributed by atoms with Crippen molar-refractivity contribution in [3.63, 3.8) is 0 Å². The van der Waals surface area contributed by atoms with Crippen LogP contribution in [0.25, 0.3) is 0 Å². The smallest absolute Gasteiger partial charge is 0.329 e. The second kappa shape index (κ2) is 8.92. The number of ether oxygens (including phenoxy) is 1. The molecule has 1 aromatic rings. The molecule has 124 valence electrons. The largest absolute Gasteiger partial charge is 0.497 e. The molecule has 2 N–H and O–H groups in total. The molecule has 1 aromatic carbocycles. The number of nitrogens with zero attached hydrogens (tertiary/aromatic N) is 1. The average molecular weight is 317 g/mol. The van der Waals surface area contributed by atoms with Gasteiger partial charge in [0.05, 0.1) is 13.3 Å². The maximum Gasteiger partial charge on any atom is 0.329 e. The molecule has 0 heterocycles. The van der Waals surface area contributed by atoms with E-state index in [0.29, 0.717) is 5.75 Å². The van der Waals surface area contributed by atoms with Crippen molar-refractivity contribution in [3.05, 3.63) is 29.8 Å². The van der Waals surface area contributed by atoms with Gasteiger partial charge < -0.3 is 10.1 Å². The summed E-state index contributed by atoms with van der Waals surface area (Å²) < 4.78 is 5.10. The van der Waals surface area contributed by atoms with Gasteiger partial charge in [0.15, 0.2) is 0 Å². The van der Waals surface area contributed by atoms with Gasteiger partial charge in [0.2, 0.25) is 0 Å². The number of carbonyl (C=O) groups is 2. The molecule has 0 radical (unpaired) electrons. The number of nitrogens with one attached hydrogen (secondary N) is 2. The monoisotopic (exact) mass is 317 g/mol. The molecule has 6 heteroatoms. The summed E-state index contributed by atoms with van der Waals surface area (Å²) in [5.41, 5.74) is 3.02. The lowest BCUT2D eigenvalue weighted by Gasteiger charge is -2.14. The highest BCUT2D eigenvalue weighted by atomic mass is 16.5. The van der Waals surface area contributed by atoms with Crippen LogP contribution in [0.15, 0.2) is 29.4 Å². The minimum Gasteiger partial charge on any atom is -0.497 e. The van der Waals surface area contributed by atoms with Crippen LogP contribution in [0.1, 0.15) is 44.1 Å². The fourth-order valence-electron chi connectivity index (χ4n) is 2.61. The van der Waals surface area contributed by atoms with Gasteiger partial charge in [-0.3, -0.25) is 9.59 Å². The number of benzene rings is 1. The SMILES string of the molecule is COc1cccc(/C=N\NC(=O)C(=O)NC2CCCCCC2)c1. The van der Waals surface area contributed by atoms with Crippen LogP contribution in [0.4, 0.5) is 0 Å². The second-order valence-electron chi connectivity index (χ2n) is 5.64. The third kappa shape index (κ3) is 5.73. The minimum atomic E-state index is -0.742. The molecule has 1 aliphatic carbocycles. The van der Waals surface area contributed by atoms with Crippen LogP contribution in [-0.2, 0) is 9.59 Å². The summed E-state index contributed by atoms with van der Waals surface area (Å²) in [6.07, 6.45) is 7.94. The van der Waals surface area contributed by atoms with E-state index in [0.717, 1.165) is 31.2 Å². The van der Waals surface area contributed by atoms with Gasteiger partial charge in [-0.2, -0.15) is 5.10 Å². The summed E-state index contributed by atoms with van der Waals surface area (Å²) in [5.74, 6) is -0.667. The Balaban J connectivity index is 1.80. The molecule has 0 unspecified atom stereocenters. The van der Waals surface area contributed by atoms with Crippen molar-refractivity contribution in [2.24, 2.45) is 5.10 Å². The van der Waals surface area contributed by atoms with Gasteiger partial charge in [0, 0.05) is 6.04 Å².